The van der Waals surface area contributed by atoms with Gasteiger partial charge in [-0.05, 0) is 60.8 Å². The molecule has 0 saturated heterocycles. The third-order valence-electron chi connectivity index (χ3n) is 4.38. The molecule has 0 N–H and O–H groups in total. The van der Waals surface area contributed by atoms with Gasteiger partial charge in [0, 0.05) is 22.8 Å². The minimum Gasteiger partial charge on any atom is -0.488 e. The van der Waals surface area contributed by atoms with Gasteiger partial charge in [0.2, 0.25) is 9.04 Å². The lowest BCUT2D eigenvalue weighted by Gasteiger charge is -2.37. The van der Waals surface area contributed by atoms with Crippen LogP contribution in [-0.2, 0) is 10.8 Å². The summed E-state index contributed by atoms with van der Waals surface area (Å²) in [4.78, 5) is 4.27. The summed E-state index contributed by atoms with van der Waals surface area (Å²) in [6.45, 7) is 11.8. The fourth-order valence-electron chi connectivity index (χ4n) is 2.94. The average Bonchev–Trinajstić information content (AvgIpc) is 2.58. The number of aromatic nitrogens is 1. The van der Waals surface area contributed by atoms with Crippen LogP contribution in [0.25, 0.3) is 0 Å². The molecule has 0 aliphatic carbocycles. The molecule has 0 spiro atoms. The minimum absolute atomic E-state index is 0.0173. The topological polar surface area (TPSA) is 31.4 Å². The van der Waals surface area contributed by atoms with Crippen LogP contribution in [0.5, 0.6) is 5.75 Å². The Bertz CT molecular complexity index is 656. The number of rotatable bonds is 8. The molecule has 1 aromatic carbocycles. The Morgan fingerprint density at radius 3 is 2.35 bits per heavy atom. The molecular weight excluding hydrogens is 406 g/mol. The van der Waals surface area contributed by atoms with Gasteiger partial charge in [0.05, 0.1) is 6.61 Å². The van der Waals surface area contributed by atoms with Gasteiger partial charge in [0.15, 0.2) is 0 Å². The first-order valence-electron chi connectivity index (χ1n) is 9.00. The Hall–Kier alpha value is -1.17. The monoisotopic (exact) mass is 434 g/mol. The first-order valence-corrected chi connectivity index (χ1v) is 12.2. The van der Waals surface area contributed by atoms with Crippen molar-refractivity contribution in [3.8, 4) is 5.75 Å². The van der Waals surface area contributed by atoms with Crippen LogP contribution in [0.2, 0.25) is 13.1 Å². The molecule has 26 heavy (non-hydrogen) atoms. The van der Waals surface area contributed by atoms with Crippen molar-refractivity contribution in [1.29, 1.82) is 0 Å². The van der Waals surface area contributed by atoms with E-state index in [1.165, 1.54) is 5.56 Å². The van der Waals surface area contributed by atoms with Crippen molar-refractivity contribution in [1.82, 2.24) is 4.98 Å². The van der Waals surface area contributed by atoms with Gasteiger partial charge in [-0.1, -0.05) is 42.8 Å². The van der Waals surface area contributed by atoms with E-state index in [0.717, 1.165) is 16.6 Å². The van der Waals surface area contributed by atoms with Crippen molar-refractivity contribution in [2.24, 2.45) is 11.3 Å². The van der Waals surface area contributed by atoms with E-state index in [2.05, 4.69) is 60.8 Å². The van der Waals surface area contributed by atoms with Crippen LogP contribution < -0.4 is 4.74 Å². The summed E-state index contributed by atoms with van der Waals surface area (Å²) in [6, 6.07) is 12.2. The molecule has 0 fully saturated rings. The molecule has 1 heterocycles. The molecule has 1 aromatic heterocycles. The quantitative estimate of drug-likeness (QED) is 0.494. The van der Waals surface area contributed by atoms with Gasteiger partial charge in [0.25, 0.3) is 0 Å². The van der Waals surface area contributed by atoms with Gasteiger partial charge in [-0.2, -0.15) is 0 Å². The van der Waals surface area contributed by atoms with Crippen molar-refractivity contribution in [3.05, 3.63) is 58.8 Å². The second-order valence-electron chi connectivity index (χ2n) is 7.87. The lowest BCUT2D eigenvalue weighted by Crippen LogP contribution is -2.41. The molecule has 1 radical (unpaired) electrons. The van der Waals surface area contributed by atoms with E-state index in [9.17, 15) is 0 Å². The van der Waals surface area contributed by atoms with Gasteiger partial charge in [0.1, 0.15) is 11.9 Å². The number of nitrogens with zero attached hydrogens (tertiary/aromatic N) is 1. The molecule has 141 valence electrons. The summed E-state index contributed by atoms with van der Waals surface area (Å²) in [5, 5.41) is 0. The Balaban J connectivity index is 2.25. The molecule has 0 saturated carbocycles. The van der Waals surface area contributed by atoms with E-state index in [-0.39, 0.29) is 11.5 Å². The van der Waals surface area contributed by atoms with Crippen LogP contribution in [0.3, 0.4) is 0 Å². The summed E-state index contributed by atoms with van der Waals surface area (Å²) < 4.78 is 13.5. The van der Waals surface area contributed by atoms with Gasteiger partial charge in [-0.3, -0.25) is 4.98 Å². The number of ether oxygens (including phenoxy) is 1. The van der Waals surface area contributed by atoms with Gasteiger partial charge in [-0.15, -0.1) is 0 Å². The Morgan fingerprint density at radius 2 is 1.81 bits per heavy atom. The summed E-state index contributed by atoms with van der Waals surface area (Å²) in [5.74, 6) is 1.18. The van der Waals surface area contributed by atoms with E-state index < -0.39 is 9.04 Å². The summed E-state index contributed by atoms with van der Waals surface area (Å²) in [5.41, 5.74) is 1.31. The first-order chi connectivity index (χ1) is 12.3. The van der Waals surface area contributed by atoms with E-state index in [4.69, 9.17) is 9.16 Å². The molecule has 0 aliphatic heterocycles. The fourth-order valence-corrected chi connectivity index (χ4v) is 3.70. The second kappa shape index (κ2) is 9.67. The highest BCUT2D eigenvalue weighted by Crippen LogP contribution is 2.34. The van der Waals surface area contributed by atoms with Crippen LogP contribution in [0.1, 0.15) is 26.3 Å². The average molecular weight is 435 g/mol. The number of hydrogen-bond acceptors (Lipinski definition) is 3. The zero-order valence-corrected chi connectivity index (χ0v) is 18.9. The molecule has 0 aliphatic rings. The molecule has 1 unspecified atom stereocenters. The Labute approximate surface area is 168 Å². The van der Waals surface area contributed by atoms with E-state index >= 15 is 0 Å². The van der Waals surface area contributed by atoms with Crippen LogP contribution in [-0.4, -0.2) is 26.7 Å². The molecule has 2 rings (SSSR count). The van der Waals surface area contributed by atoms with Crippen LogP contribution in [0, 0.1) is 11.3 Å². The van der Waals surface area contributed by atoms with E-state index in [0.29, 0.717) is 12.5 Å². The van der Waals surface area contributed by atoms with Gasteiger partial charge >= 0.3 is 0 Å². The predicted molar refractivity (Wildman–Crippen MR) is 113 cm³/mol. The van der Waals surface area contributed by atoms with E-state index in [1.54, 1.807) is 0 Å². The Kier molecular flexibility index (Phi) is 7.86. The zero-order chi connectivity index (χ0) is 19.2. The van der Waals surface area contributed by atoms with Crippen molar-refractivity contribution < 1.29 is 9.16 Å². The third-order valence-corrected chi connectivity index (χ3v) is 5.65. The maximum absolute atomic E-state index is 6.43. The molecular formula is C21H29BrNO2Si. The molecule has 2 atom stereocenters. The molecule has 0 amide bonds. The van der Waals surface area contributed by atoms with Crippen molar-refractivity contribution in [3.63, 3.8) is 0 Å². The number of benzene rings is 1. The maximum atomic E-state index is 6.43. The molecule has 2 aromatic rings. The molecule has 5 heteroatoms. The highest BCUT2D eigenvalue weighted by Gasteiger charge is 2.34. The zero-order valence-electron chi connectivity index (χ0n) is 16.3. The molecule has 3 nitrogen and oxygen atoms in total. The second-order valence-corrected chi connectivity index (χ2v) is 10.9. The summed E-state index contributed by atoms with van der Waals surface area (Å²) in [7, 11) is -0.778. The normalized spacial score (nSPS) is 14.3. The van der Waals surface area contributed by atoms with E-state index in [1.807, 2.05) is 42.7 Å². The lowest BCUT2D eigenvalue weighted by molar-refractivity contribution is 0.0265. The highest BCUT2D eigenvalue weighted by atomic mass is 79.9. The van der Waals surface area contributed by atoms with Crippen LogP contribution in [0.4, 0.5) is 0 Å². The largest absolute Gasteiger partial charge is 0.488 e. The SMILES string of the molecule is C[Si](C)OC[C@@H](Oc1ccc(Br)cc1)C(Cc1cccnc1)C(C)(C)C. The third kappa shape index (κ3) is 6.86. The summed E-state index contributed by atoms with van der Waals surface area (Å²) >= 11 is 3.48. The number of pyridine rings is 1. The highest BCUT2D eigenvalue weighted by molar-refractivity contribution is 9.10. The van der Waals surface area contributed by atoms with Crippen molar-refractivity contribution in [2.45, 2.75) is 46.4 Å². The fraction of sp³-hybridized carbons (Fsp3) is 0.476. The summed E-state index contributed by atoms with van der Waals surface area (Å²) in [6.07, 6.45) is 4.66. The minimum atomic E-state index is -0.778. The van der Waals surface area contributed by atoms with Crippen LogP contribution in [0.15, 0.2) is 53.3 Å². The number of hydrogen-bond donors (Lipinski definition) is 0. The predicted octanol–water partition coefficient (Wildman–Crippen LogP) is 5.76. The molecule has 0 bridgehead atoms. The van der Waals surface area contributed by atoms with Gasteiger partial charge < -0.3 is 9.16 Å². The number of halogens is 1. The lowest BCUT2D eigenvalue weighted by atomic mass is 9.74. The standard InChI is InChI=1S/C21H29BrNO2Si/c1-21(2,3)19(13-16-7-6-12-23-14-16)20(15-24-26(4)5)25-18-10-8-17(22)9-11-18/h6-12,14,19-20H,13,15H2,1-5H3/t19?,20-/m1/s1. The smallest absolute Gasteiger partial charge is 0.205 e. The Morgan fingerprint density at radius 1 is 1.12 bits per heavy atom. The first kappa shape index (κ1) is 21.1. The van der Waals surface area contributed by atoms with Gasteiger partial charge in [-0.25, -0.2) is 0 Å². The maximum Gasteiger partial charge on any atom is 0.205 e. The van der Waals surface area contributed by atoms with Crippen molar-refractivity contribution in [2.75, 3.05) is 6.61 Å². The van der Waals surface area contributed by atoms with Crippen LogP contribution >= 0.6 is 15.9 Å². The van der Waals surface area contributed by atoms with Crippen molar-refractivity contribution >= 4 is 25.0 Å².